The molecule has 2 N–H and O–H groups in total. The highest BCUT2D eigenvalue weighted by Crippen LogP contribution is 2.32. The summed E-state index contributed by atoms with van der Waals surface area (Å²) in [6.45, 7) is 3.96. The van der Waals surface area contributed by atoms with Crippen LogP contribution in [-0.2, 0) is 11.2 Å². The van der Waals surface area contributed by atoms with Gasteiger partial charge in [-0.3, -0.25) is 14.9 Å². The number of hydrazone groups is 1. The predicted molar refractivity (Wildman–Crippen MR) is 97.8 cm³/mol. The van der Waals surface area contributed by atoms with E-state index >= 15 is 0 Å². The molecule has 0 aromatic heterocycles. The van der Waals surface area contributed by atoms with Crippen LogP contribution < -0.4 is 5.43 Å². The van der Waals surface area contributed by atoms with Gasteiger partial charge in [0.05, 0.1) is 17.6 Å². The van der Waals surface area contributed by atoms with Crippen LogP contribution in [0.3, 0.4) is 0 Å². The van der Waals surface area contributed by atoms with E-state index in [4.69, 9.17) is 0 Å². The van der Waals surface area contributed by atoms with Crippen molar-refractivity contribution in [1.29, 1.82) is 0 Å². The van der Waals surface area contributed by atoms with Crippen molar-refractivity contribution in [3.63, 3.8) is 0 Å². The first-order chi connectivity index (χ1) is 11.8. The minimum Gasteiger partial charge on any atom is -0.502 e. The van der Waals surface area contributed by atoms with Gasteiger partial charge in [-0.05, 0) is 36.6 Å². The van der Waals surface area contributed by atoms with Crippen LogP contribution in [0, 0.1) is 24.0 Å². The number of aromatic hydroxyl groups is 1. The number of rotatable bonds is 5. The van der Waals surface area contributed by atoms with E-state index in [2.05, 4.69) is 26.5 Å². The molecule has 2 aromatic rings. The molecule has 0 aliphatic carbocycles. The number of carbonyl (C=O) groups excluding carboxylic acids is 1. The van der Waals surface area contributed by atoms with Gasteiger partial charge in [0.25, 0.3) is 0 Å². The molecule has 1 amide bonds. The van der Waals surface area contributed by atoms with Crippen LogP contribution in [0.15, 0.2) is 39.9 Å². The number of hydrogen-bond acceptors (Lipinski definition) is 5. The van der Waals surface area contributed by atoms with Crippen LogP contribution in [0.2, 0.25) is 0 Å². The molecule has 0 unspecified atom stereocenters. The lowest BCUT2D eigenvalue weighted by atomic mass is 10.0. The van der Waals surface area contributed by atoms with Crippen molar-refractivity contribution in [1.82, 2.24) is 5.43 Å². The van der Waals surface area contributed by atoms with E-state index < -0.39 is 16.4 Å². The zero-order chi connectivity index (χ0) is 18.6. The van der Waals surface area contributed by atoms with Crippen molar-refractivity contribution in [3.8, 4) is 5.75 Å². The molecule has 0 saturated heterocycles. The zero-order valence-corrected chi connectivity index (χ0v) is 15.2. The average Bonchev–Trinajstić information content (AvgIpc) is 2.53. The van der Waals surface area contributed by atoms with Gasteiger partial charge in [-0.25, -0.2) is 5.43 Å². The lowest BCUT2D eigenvalue weighted by Crippen LogP contribution is -2.19. The second-order valence-corrected chi connectivity index (χ2v) is 6.42. The van der Waals surface area contributed by atoms with Crippen molar-refractivity contribution in [2.45, 2.75) is 20.3 Å². The Labute approximate surface area is 152 Å². The number of nitro benzene ring substituents is 1. The van der Waals surface area contributed by atoms with Crippen LogP contribution in [-0.4, -0.2) is 22.2 Å². The van der Waals surface area contributed by atoms with E-state index in [1.165, 1.54) is 12.1 Å². The van der Waals surface area contributed by atoms with Gasteiger partial charge in [0.15, 0.2) is 0 Å². The van der Waals surface area contributed by atoms with Gasteiger partial charge in [-0.2, -0.15) is 5.10 Å². The first kappa shape index (κ1) is 18.6. The van der Waals surface area contributed by atoms with E-state index in [0.717, 1.165) is 22.9 Å². The summed E-state index contributed by atoms with van der Waals surface area (Å²) in [7, 11) is 0. The number of amides is 1. The largest absolute Gasteiger partial charge is 0.502 e. The second kappa shape index (κ2) is 7.89. The molecule has 0 atom stereocenters. The van der Waals surface area contributed by atoms with Gasteiger partial charge in [-0.1, -0.05) is 34.1 Å². The summed E-state index contributed by atoms with van der Waals surface area (Å²) >= 11 is 3.13. The standard InChI is InChI=1S/C17H16BrN3O4/c1-10-3-4-12(5-11(10)2)6-16(22)20-19-9-13-7-14(18)8-15(17(13)23)21(24)25/h3-5,7-9,23H,6H2,1-2H3,(H,20,22)/b19-9+. The first-order valence-electron chi connectivity index (χ1n) is 7.33. The quantitative estimate of drug-likeness (QED) is 0.451. The Morgan fingerprint density at radius 2 is 2.04 bits per heavy atom. The molecule has 0 aliphatic rings. The fourth-order valence-corrected chi connectivity index (χ4v) is 2.62. The number of phenols is 1. The fourth-order valence-electron chi connectivity index (χ4n) is 2.16. The molecule has 8 heteroatoms. The number of halogens is 1. The van der Waals surface area contributed by atoms with Crippen molar-refractivity contribution in [3.05, 3.63) is 67.2 Å². The van der Waals surface area contributed by atoms with E-state index in [0.29, 0.717) is 4.47 Å². The van der Waals surface area contributed by atoms with Crippen molar-refractivity contribution in [2.75, 3.05) is 0 Å². The normalized spacial score (nSPS) is 10.8. The highest BCUT2D eigenvalue weighted by molar-refractivity contribution is 9.10. The summed E-state index contributed by atoms with van der Waals surface area (Å²) in [6, 6.07) is 8.39. The molecule has 0 spiro atoms. The Morgan fingerprint density at radius 3 is 2.68 bits per heavy atom. The monoisotopic (exact) mass is 405 g/mol. The highest BCUT2D eigenvalue weighted by atomic mass is 79.9. The molecular formula is C17H16BrN3O4. The molecule has 130 valence electrons. The Morgan fingerprint density at radius 1 is 1.32 bits per heavy atom. The van der Waals surface area contributed by atoms with Crippen LogP contribution in [0.4, 0.5) is 5.69 Å². The topological polar surface area (TPSA) is 105 Å². The molecule has 0 saturated carbocycles. The number of benzene rings is 2. The molecule has 0 bridgehead atoms. The third kappa shape index (κ3) is 4.87. The number of nitrogens with one attached hydrogen (secondary N) is 1. The number of phenolic OH excluding ortho intramolecular Hbond substituents is 1. The Bertz CT molecular complexity index is 865. The molecule has 0 fully saturated rings. The lowest BCUT2D eigenvalue weighted by Gasteiger charge is -2.05. The summed E-state index contributed by atoms with van der Waals surface area (Å²) in [4.78, 5) is 22.1. The zero-order valence-electron chi connectivity index (χ0n) is 13.6. The van der Waals surface area contributed by atoms with Gasteiger partial charge >= 0.3 is 5.69 Å². The molecule has 7 nitrogen and oxygen atoms in total. The smallest absolute Gasteiger partial charge is 0.312 e. The first-order valence-corrected chi connectivity index (χ1v) is 8.12. The summed E-state index contributed by atoms with van der Waals surface area (Å²) in [5.41, 5.74) is 5.12. The third-order valence-corrected chi connectivity index (χ3v) is 4.07. The van der Waals surface area contributed by atoms with Gasteiger partial charge in [0.2, 0.25) is 11.7 Å². The molecular weight excluding hydrogens is 390 g/mol. The SMILES string of the molecule is Cc1ccc(CC(=O)N/N=C/c2cc(Br)cc([N+](=O)[O-])c2O)cc1C. The fraction of sp³-hybridized carbons (Fsp3) is 0.176. The molecule has 2 rings (SSSR count). The summed E-state index contributed by atoms with van der Waals surface area (Å²) in [5.74, 6) is -0.844. The molecule has 0 radical (unpaired) electrons. The number of nitro groups is 1. The van der Waals surface area contributed by atoms with Crippen LogP contribution >= 0.6 is 15.9 Å². The van der Waals surface area contributed by atoms with Crippen LogP contribution in [0.5, 0.6) is 5.75 Å². The van der Waals surface area contributed by atoms with Gasteiger partial charge in [0, 0.05) is 16.1 Å². The predicted octanol–water partition coefficient (Wildman–Crippen LogP) is 3.37. The maximum absolute atomic E-state index is 11.9. The van der Waals surface area contributed by atoms with Crippen molar-refractivity contribution in [2.24, 2.45) is 5.10 Å². The number of hydrogen-bond donors (Lipinski definition) is 2. The minimum atomic E-state index is -0.699. The van der Waals surface area contributed by atoms with Gasteiger partial charge in [0.1, 0.15) is 0 Å². The maximum atomic E-state index is 11.9. The third-order valence-electron chi connectivity index (χ3n) is 3.61. The van der Waals surface area contributed by atoms with Crippen molar-refractivity contribution >= 4 is 33.7 Å². The Balaban J connectivity index is 2.06. The number of aryl methyl sites for hydroxylation is 2. The van der Waals surface area contributed by atoms with E-state index in [1.54, 1.807) is 0 Å². The molecule has 0 heterocycles. The lowest BCUT2D eigenvalue weighted by molar-refractivity contribution is -0.385. The molecule has 0 aliphatic heterocycles. The molecule has 2 aromatic carbocycles. The summed E-state index contributed by atoms with van der Waals surface area (Å²) in [5, 5.41) is 24.5. The van der Waals surface area contributed by atoms with E-state index in [-0.39, 0.29) is 17.9 Å². The van der Waals surface area contributed by atoms with E-state index in [1.807, 2.05) is 32.0 Å². The van der Waals surface area contributed by atoms with Gasteiger partial charge in [-0.15, -0.1) is 0 Å². The van der Waals surface area contributed by atoms with Crippen LogP contribution in [0.25, 0.3) is 0 Å². The Hall–Kier alpha value is -2.74. The summed E-state index contributed by atoms with van der Waals surface area (Å²) < 4.78 is 0.417. The number of nitrogens with zero attached hydrogens (tertiary/aromatic N) is 2. The molecule has 25 heavy (non-hydrogen) atoms. The van der Waals surface area contributed by atoms with Crippen LogP contribution in [0.1, 0.15) is 22.3 Å². The summed E-state index contributed by atoms with van der Waals surface area (Å²) in [6.07, 6.45) is 1.31. The average molecular weight is 406 g/mol. The highest BCUT2D eigenvalue weighted by Gasteiger charge is 2.17. The maximum Gasteiger partial charge on any atom is 0.312 e. The number of carbonyl (C=O) groups is 1. The Kier molecular flexibility index (Phi) is 5.87. The van der Waals surface area contributed by atoms with Gasteiger partial charge < -0.3 is 5.11 Å². The second-order valence-electron chi connectivity index (χ2n) is 5.51. The van der Waals surface area contributed by atoms with Crippen molar-refractivity contribution < 1.29 is 14.8 Å². The minimum absolute atomic E-state index is 0.118. The van der Waals surface area contributed by atoms with E-state index in [9.17, 15) is 20.0 Å².